The van der Waals surface area contributed by atoms with Crippen molar-refractivity contribution < 1.29 is 27.5 Å². The van der Waals surface area contributed by atoms with Crippen molar-refractivity contribution in [3.05, 3.63) is 29.8 Å². The molecule has 0 fully saturated rings. The minimum absolute atomic E-state index is 0.193. The van der Waals surface area contributed by atoms with Crippen LogP contribution in [0.2, 0.25) is 0 Å². The van der Waals surface area contributed by atoms with Gasteiger partial charge in [-0.1, -0.05) is 12.1 Å². The van der Waals surface area contributed by atoms with Crippen molar-refractivity contribution in [3.63, 3.8) is 0 Å². The van der Waals surface area contributed by atoms with Gasteiger partial charge in [0.15, 0.2) is 6.61 Å². The van der Waals surface area contributed by atoms with Crippen LogP contribution in [0.15, 0.2) is 24.3 Å². The molecule has 0 spiro atoms. The van der Waals surface area contributed by atoms with Crippen LogP contribution < -0.4 is 10.6 Å². The lowest BCUT2D eigenvalue weighted by atomic mass is 10.2. The van der Waals surface area contributed by atoms with E-state index in [2.05, 4.69) is 10.1 Å². The van der Waals surface area contributed by atoms with E-state index in [0.29, 0.717) is 5.69 Å². The van der Waals surface area contributed by atoms with E-state index in [1.54, 1.807) is 30.6 Å². The molecular weight excluding hydrogens is 277 g/mol. The summed E-state index contributed by atoms with van der Waals surface area (Å²) in [6.45, 7) is -2.23. The molecule has 0 aliphatic heterocycles. The van der Waals surface area contributed by atoms with E-state index in [0.717, 1.165) is 0 Å². The van der Waals surface area contributed by atoms with E-state index in [1.807, 2.05) is 0 Å². The topological polar surface area (TPSA) is 67.4 Å². The molecule has 0 aliphatic rings. The second kappa shape index (κ2) is 6.78. The largest absolute Gasteiger partial charge is 0.452 e. The maximum absolute atomic E-state index is 11.8. The first-order valence-electron chi connectivity index (χ1n) is 5.61. The van der Waals surface area contributed by atoms with E-state index >= 15 is 0 Å². The quantitative estimate of drug-likeness (QED) is 0.808. The zero-order valence-electron chi connectivity index (χ0n) is 10.6. The molecule has 1 aromatic rings. The minimum atomic E-state index is -4.50. The number of benzene rings is 1. The summed E-state index contributed by atoms with van der Waals surface area (Å²) in [5, 5.41) is 4.36. The van der Waals surface area contributed by atoms with Crippen LogP contribution in [0.4, 0.5) is 18.9 Å². The molecule has 1 rings (SSSR count). The molecular formula is C12H13F3N2O3. The number of halogens is 3. The van der Waals surface area contributed by atoms with Gasteiger partial charge in [0, 0.05) is 12.7 Å². The summed E-state index contributed by atoms with van der Waals surface area (Å²) in [5.74, 6) is -1.81. The summed E-state index contributed by atoms with van der Waals surface area (Å²) in [6.07, 6.45) is -4.50. The van der Waals surface area contributed by atoms with Crippen LogP contribution in [-0.4, -0.2) is 38.3 Å². The van der Waals surface area contributed by atoms with Crippen molar-refractivity contribution in [2.45, 2.75) is 6.18 Å². The van der Waals surface area contributed by atoms with Crippen LogP contribution in [0, 0.1) is 0 Å². The van der Waals surface area contributed by atoms with Crippen LogP contribution >= 0.6 is 0 Å². The van der Waals surface area contributed by atoms with Gasteiger partial charge < -0.3 is 15.4 Å². The summed E-state index contributed by atoms with van der Waals surface area (Å²) in [7, 11) is 1.60. The highest BCUT2D eigenvalue weighted by Crippen LogP contribution is 2.15. The average molecular weight is 290 g/mol. The number of amides is 1. The Balaban J connectivity index is 2.49. The normalized spacial score (nSPS) is 10.8. The van der Waals surface area contributed by atoms with Crippen LogP contribution in [0.3, 0.4) is 0 Å². The van der Waals surface area contributed by atoms with Crippen LogP contribution in [0.25, 0.3) is 0 Å². The maximum Gasteiger partial charge on any atom is 0.405 e. The number of hydrogen-bond acceptors (Lipinski definition) is 4. The molecule has 0 radical (unpaired) electrons. The Morgan fingerprint density at radius 1 is 1.25 bits per heavy atom. The van der Waals surface area contributed by atoms with E-state index in [4.69, 9.17) is 0 Å². The number of ether oxygens (including phenoxy) is 1. The number of nitrogens with one attached hydrogen (secondary N) is 2. The molecule has 0 saturated carbocycles. The summed E-state index contributed by atoms with van der Waals surface area (Å²) in [4.78, 5) is 22.7. The fourth-order valence-electron chi connectivity index (χ4n) is 1.34. The lowest BCUT2D eigenvalue weighted by molar-refractivity contribution is -0.140. The second-order valence-electron chi connectivity index (χ2n) is 3.76. The number of alkyl halides is 3. The first kappa shape index (κ1) is 15.8. The number of carbonyl (C=O) groups is 2. The third-order valence-electron chi connectivity index (χ3n) is 2.24. The van der Waals surface area contributed by atoms with Gasteiger partial charge in [0.2, 0.25) is 0 Å². The highest BCUT2D eigenvalue weighted by atomic mass is 19.4. The Labute approximate surface area is 113 Å². The van der Waals surface area contributed by atoms with Crippen molar-refractivity contribution in [1.82, 2.24) is 5.32 Å². The Bertz CT molecular complexity index is 489. The standard InChI is InChI=1S/C12H13F3N2O3/c1-16-9-5-3-2-4-8(9)11(19)20-6-10(18)17-7-12(13,14)15/h2-5,16H,6-7H2,1H3,(H,17,18). The van der Waals surface area contributed by atoms with Gasteiger partial charge in [-0.2, -0.15) is 13.2 Å². The van der Waals surface area contributed by atoms with Crippen molar-refractivity contribution >= 4 is 17.6 Å². The molecule has 0 heterocycles. The second-order valence-corrected chi connectivity index (χ2v) is 3.76. The number of anilines is 1. The number of para-hydroxylation sites is 1. The number of carbonyl (C=O) groups excluding carboxylic acids is 2. The van der Waals surface area contributed by atoms with Gasteiger partial charge in [0.1, 0.15) is 6.54 Å². The monoisotopic (exact) mass is 290 g/mol. The smallest absolute Gasteiger partial charge is 0.405 e. The van der Waals surface area contributed by atoms with E-state index in [9.17, 15) is 22.8 Å². The fourth-order valence-corrected chi connectivity index (χ4v) is 1.34. The first-order chi connectivity index (χ1) is 9.33. The summed E-state index contributed by atoms with van der Waals surface area (Å²) in [5.41, 5.74) is 0.687. The van der Waals surface area contributed by atoms with Crippen LogP contribution in [0.5, 0.6) is 0 Å². The third kappa shape index (κ3) is 5.17. The zero-order valence-corrected chi connectivity index (χ0v) is 10.6. The van der Waals surface area contributed by atoms with Gasteiger partial charge in [-0.05, 0) is 12.1 Å². The van der Waals surface area contributed by atoms with Crippen LogP contribution in [-0.2, 0) is 9.53 Å². The number of esters is 1. The minimum Gasteiger partial charge on any atom is -0.452 e. The lowest BCUT2D eigenvalue weighted by Crippen LogP contribution is -2.36. The summed E-state index contributed by atoms with van der Waals surface area (Å²) < 4.78 is 40.2. The van der Waals surface area contributed by atoms with Gasteiger partial charge in [-0.3, -0.25) is 4.79 Å². The van der Waals surface area contributed by atoms with Crippen molar-refractivity contribution in [2.75, 3.05) is 25.5 Å². The number of hydrogen-bond donors (Lipinski definition) is 2. The molecule has 8 heteroatoms. The Hall–Kier alpha value is -2.25. The Kier molecular flexibility index (Phi) is 5.36. The predicted octanol–water partition coefficient (Wildman–Crippen LogP) is 1.56. The van der Waals surface area contributed by atoms with Gasteiger partial charge in [-0.25, -0.2) is 4.79 Å². The lowest BCUT2D eigenvalue weighted by Gasteiger charge is -2.10. The van der Waals surface area contributed by atoms with Crippen molar-refractivity contribution in [3.8, 4) is 0 Å². The maximum atomic E-state index is 11.8. The van der Waals surface area contributed by atoms with E-state index < -0.39 is 31.2 Å². The van der Waals surface area contributed by atoms with E-state index in [1.165, 1.54) is 6.07 Å². The Morgan fingerprint density at radius 2 is 1.90 bits per heavy atom. The summed E-state index contributed by atoms with van der Waals surface area (Å²) in [6, 6.07) is 6.39. The molecule has 0 aliphatic carbocycles. The molecule has 5 nitrogen and oxygen atoms in total. The average Bonchev–Trinajstić information content (AvgIpc) is 2.41. The molecule has 0 unspecified atom stereocenters. The zero-order chi connectivity index (χ0) is 15.2. The fraction of sp³-hybridized carbons (Fsp3) is 0.333. The van der Waals surface area contributed by atoms with Crippen LogP contribution in [0.1, 0.15) is 10.4 Å². The summed E-state index contributed by atoms with van der Waals surface area (Å²) >= 11 is 0. The molecule has 110 valence electrons. The van der Waals surface area contributed by atoms with E-state index in [-0.39, 0.29) is 5.56 Å². The van der Waals surface area contributed by atoms with Crippen molar-refractivity contribution in [2.24, 2.45) is 0 Å². The highest BCUT2D eigenvalue weighted by molar-refractivity contribution is 5.96. The van der Waals surface area contributed by atoms with Gasteiger partial charge in [-0.15, -0.1) is 0 Å². The molecule has 0 bridgehead atoms. The molecule has 0 saturated heterocycles. The van der Waals surface area contributed by atoms with Gasteiger partial charge in [0.25, 0.3) is 5.91 Å². The molecule has 0 aromatic heterocycles. The SMILES string of the molecule is CNc1ccccc1C(=O)OCC(=O)NCC(F)(F)F. The predicted molar refractivity (Wildman–Crippen MR) is 65.3 cm³/mol. The van der Waals surface area contributed by atoms with Gasteiger partial charge >= 0.3 is 12.1 Å². The third-order valence-corrected chi connectivity index (χ3v) is 2.24. The van der Waals surface area contributed by atoms with Crippen molar-refractivity contribution in [1.29, 1.82) is 0 Å². The number of rotatable bonds is 5. The highest BCUT2D eigenvalue weighted by Gasteiger charge is 2.27. The molecule has 0 atom stereocenters. The molecule has 1 aromatic carbocycles. The Morgan fingerprint density at radius 3 is 2.50 bits per heavy atom. The molecule has 2 N–H and O–H groups in total. The first-order valence-corrected chi connectivity index (χ1v) is 5.61. The van der Waals surface area contributed by atoms with Gasteiger partial charge in [0.05, 0.1) is 5.56 Å². The molecule has 1 amide bonds. The molecule has 20 heavy (non-hydrogen) atoms.